The van der Waals surface area contributed by atoms with Crippen molar-refractivity contribution >= 4 is 22.9 Å². The van der Waals surface area contributed by atoms with Crippen LogP contribution in [0.5, 0.6) is 11.5 Å². The van der Waals surface area contributed by atoms with Crippen LogP contribution in [0.25, 0.3) is 0 Å². The van der Waals surface area contributed by atoms with Crippen LogP contribution in [0.3, 0.4) is 0 Å². The summed E-state index contributed by atoms with van der Waals surface area (Å²) >= 11 is 1.64. The van der Waals surface area contributed by atoms with Gasteiger partial charge in [0.25, 0.3) is 11.7 Å². The van der Waals surface area contributed by atoms with E-state index in [0.29, 0.717) is 0 Å². The molecule has 2 aliphatic rings. The Morgan fingerprint density at radius 3 is 2.57 bits per heavy atom. The van der Waals surface area contributed by atoms with Crippen molar-refractivity contribution in [2.45, 2.75) is 45.3 Å². The van der Waals surface area contributed by atoms with Gasteiger partial charge in [0.2, 0.25) is 0 Å². The smallest absolute Gasteiger partial charge is 0.256 e. The minimum atomic E-state index is -0.466. The van der Waals surface area contributed by atoms with Crippen molar-refractivity contribution in [2.24, 2.45) is 0 Å². The maximum atomic E-state index is 12.4. The summed E-state index contributed by atoms with van der Waals surface area (Å²) in [4.78, 5) is 14.6. The van der Waals surface area contributed by atoms with E-state index in [-0.39, 0.29) is 5.91 Å². The number of amides is 1. The van der Waals surface area contributed by atoms with Crippen LogP contribution in [0.15, 0.2) is 24.3 Å². The molecule has 1 aromatic heterocycles. The fourth-order valence-electron chi connectivity index (χ4n) is 3.34. The Hall–Kier alpha value is -2.01. The Morgan fingerprint density at radius 1 is 1.13 bits per heavy atom. The van der Waals surface area contributed by atoms with Crippen molar-refractivity contribution in [3.05, 3.63) is 39.6 Å². The summed E-state index contributed by atoms with van der Waals surface area (Å²) in [6, 6.07) is 7.52. The summed E-state index contributed by atoms with van der Waals surface area (Å²) < 4.78 is 12.0. The number of rotatable bonds is 2. The highest BCUT2D eigenvalue weighted by Crippen LogP contribution is 2.47. The standard InChI is InChI=1S/C18H19NO3S/c1-11-9-14(12(2)23-11)17(20)19-13-5-6-15-16(10-13)22-18(21-15)7-3-4-8-18/h5-6,9-10H,3-4,7-8H2,1-2H3,(H,19,20). The highest BCUT2D eigenvalue weighted by atomic mass is 32.1. The van der Waals surface area contributed by atoms with E-state index in [9.17, 15) is 4.79 Å². The summed E-state index contributed by atoms with van der Waals surface area (Å²) in [7, 11) is 0. The molecule has 0 radical (unpaired) electrons. The van der Waals surface area contributed by atoms with Crippen LogP contribution in [0.2, 0.25) is 0 Å². The van der Waals surface area contributed by atoms with E-state index in [4.69, 9.17) is 9.47 Å². The third kappa shape index (κ3) is 2.59. The molecule has 4 nitrogen and oxygen atoms in total. The minimum Gasteiger partial charge on any atom is -0.448 e. The number of fused-ring (bicyclic) bond motifs is 1. The van der Waals surface area contributed by atoms with Crippen molar-refractivity contribution in [1.29, 1.82) is 0 Å². The Bertz CT molecular complexity index is 775. The van der Waals surface area contributed by atoms with Gasteiger partial charge in [-0.3, -0.25) is 4.79 Å². The number of aryl methyl sites for hydroxylation is 2. The number of anilines is 1. The number of thiophene rings is 1. The van der Waals surface area contributed by atoms with E-state index in [1.165, 1.54) is 0 Å². The van der Waals surface area contributed by atoms with E-state index in [1.54, 1.807) is 11.3 Å². The SMILES string of the molecule is Cc1cc(C(=O)Nc2ccc3c(c2)OC2(CCCC2)O3)c(C)s1. The number of carbonyl (C=O) groups excluding carboxylic acids is 1. The fourth-order valence-corrected chi connectivity index (χ4v) is 4.27. The van der Waals surface area contributed by atoms with Crippen molar-refractivity contribution in [3.63, 3.8) is 0 Å². The molecule has 1 amide bonds. The Balaban J connectivity index is 1.54. The van der Waals surface area contributed by atoms with Gasteiger partial charge < -0.3 is 14.8 Å². The van der Waals surface area contributed by atoms with E-state index < -0.39 is 5.79 Å². The largest absolute Gasteiger partial charge is 0.448 e. The minimum absolute atomic E-state index is 0.0821. The molecule has 2 aromatic rings. The van der Waals surface area contributed by atoms with Crippen molar-refractivity contribution in [3.8, 4) is 11.5 Å². The average molecular weight is 329 g/mol. The molecule has 1 fully saturated rings. The summed E-state index contributed by atoms with van der Waals surface area (Å²) in [6.07, 6.45) is 4.12. The van der Waals surface area contributed by atoms with E-state index >= 15 is 0 Å². The first-order valence-corrected chi connectivity index (χ1v) is 8.77. The summed E-state index contributed by atoms with van der Waals surface area (Å²) in [6.45, 7) is 3.98. The Labute approximate surface area is 139 Å². The number of ether oxygens (including phenoxy) is 2. The molecule has 1 saturated carbocycles. The van der Waals surface area contributed by atoms with Gasteiger partial charge in [-0.1, -0.05) is 0 Å². The molecule has 0 saturated heterocycles. The second-order valence-electron chi connectivity index (χ2n) is 6.26. The number of carbonyl (C=O) groups is 1. The van der Waals surface area contributed by atoms with E-state index in [1.807, 2.05) is 38.1 Å². The lowest BCUT2D eigenvalue weighted by molar-refractivity contribution is -0.0716. The number of benzene rings is 1. The average Bonchev–Trinajstić information content (AvgIpc) is 3.18. The molecular formula is C18H19NO3S. The zero-order chi connectivity index (χ0) is 16.0. The summed E-state index contributed by atoms with van der Waals surface area (Å²) in [5.41, 5.74) is 1.47. The van der Waals surface area contributed by atoms with E-state index in [0.717, 1.165) is 58.2 Å². The van der Waals surface area contributed by atoms with Crippen LogP contribution in [-0.2, 0) is 0 Å². The highest BCUT2D eigenvalue weighted by Gasteiger charge is 2.44. The van der Waals surface area contributed by atoms with Crippen LogP contribution in [0, 0.1) is 13.8 Å². The lowest BCUT2D eigenvalue weighted by Gasteiger charge is -2.21. The molecule has 1 aliphatic carbocycles. The van der Waals surface area contributed by atoms with Crippen molar-refractivity contribution in [2.75, 3.05) is 5.32 Å². The molecular weight excluding hydrogens is 310 g/mol. The quantitative estimate of drug-likeness (QED) is 0.872. The zero-order valence-electron chi connectivity index (χ0n) is 13.3. The van der Waals surface area contributed by atoms with Gasteiger partial charge in [-0.15, -0.1) is 11.3 Å². The molecule has 120 valence electrons. The van der Waals surface area contributed by atoms with Gasteiger partial charge in [0.1, 0.15) is 0 Å². The van der Waals surface area contributed by atoms with Gasteiger partial charge in [-0.25, -0.2) is 0 Å². The molecule has 0 bridgehead atoms. The summed E-state index contributed by atoms with van der Waals surface area (Å²) in [5, 5.41) is 2.95. The van der Waals surface area contributed by atoms with Gasteiger partial charge in [0, 0.05) is 34.3 Å². The molecule has 5 heteroatoms. The normalized spacial score (nSPS) is 17.7. The first kappa shape index (κ1) is 14.6. The zero-order valence-corrected chi connectivity index (χ0v) is 14.1. The summed E-state index contributed by atoms with van der Waals surface area (Å²) in [5.74, 6) is 0.947. The second-order valence-corrected chi connectivity index (χ2v) is 7.72. The van der Waals surface area contributed by atoms with Gasteiger partial charge in [0.15, 0.2) is 11.5 Å². The monoisotopic (exact) mass is 329 g/mol. The molecule has 1 aliphatic heterocycles. The Kier molecular flexibility index (Phi) is 3.34. The topological polar surface area (TPSA) is 47.6 Å². The van der Waals surface area contributed by atoms with Crippen molar-refractivity contribution < 1.29 is 14.3 Å². The van der Waals surface area contributed by atoms with E-state index in [2.05, 4.69) is 5.32 Å². The van der Waals surface area contributed by atoms with Gasteiger partial charge in [0.05, 0.1) is 5.56 Å². The maximum Gasteiger partial charge on any atom is 0.256 e. The molecule has 23 heavy (non-hydrogen) atoms. The first-order valence-electron chi connectivity index (χ1n) is 7.95. The molecule has 1 spiro atoms. The van der Waals surface area contributed by atoms with Gasteiger partial charge in [-0.2, -0.15) is 0 Å². The lowest BCUT2D eigenvalue weighted by Crippen LogP contribution is -2.34. The molecule has 1 aromatic carbocycles. The van der Waals surface area contributed by atoms with Crippen LogP contribution in [-0.4, -0.2) is 11.7 Å². The lowest BCUT2D eigenvalue weighted by atomic mass is 10.2. The number of hydrogen-bond acceptors (Lipinski definition) is 4. The molecule has 0 atom stereocenters. The molecule has 2 heterocycles. The molecule has 4 rings (SSSR count). The second kappa shape index (κ2) is 5.27. The maximum absolute atomic E-state index is 12.4. The predicted octanol–water partition coefficient (Wildman–Crippen LogP) is 4.66. The fraction of sp³-hybridized carbons (Fsp3) is 0.389. The van der Waals surface area contributed by atoms with Crippen LogP contribution in [0.4, 0.5) is 5.69 Å². The van der Waals surface area contributed by atoms with Crippen LogP contribution in [0.1, 0.15) is 45.8 Å². The van der Waals surface area contributed by atoms with Gasteiger partial charge >= 0.3 is 0 Å². The molecule has 0 unspecified atom stereocenters. The third-order valence-corrected chi connectivity index (χ3v) is 5.41. The van der Waals surface area contributed by atoms with Crippen LogP contribution < -0.4 is 14.8 Å². The highest BCUT2D eigenvalue weighted by molar-refractivity contribution is 7.12. The van der Waals surface area contributed by atoms with Crippen molar-refractivity contribution in [1.82, 2.24) is 0 Å². The predicted molar refractivity (Wildman–Crippen MR) is 90.6 cm³/mol. The first-order chi connectivity index (χ1) is 11.0. The Morgan fingerprint density at radius 2 is 1.87 bits per heavy atom. The third-order valence-electron chi connectivity index (χ3n) is 4.44. The molecule has 1 N–H and O–H groups in total. The number of nitrogens with one attached hydrogen (secondary N) is 1. The van der Waals surface area contributed by atoms with Gasteiger partial charge in [-0.05, 0) is 44.9 Å². The number of hydrogen-bond donors (Lipinski definition) is 1. The van der Waals surface area contributed by atoms with Crippen LogP contribution >= 0.6 is 11.3 Å².